The van der Waals surface area contributed by atoms with Gasteiger partial charge in [-0.15, -0.1) is 0 Å². The number of aromatic nitrogens is 3. The molecule has 4 aromatic rings. The number of nitrogens with one attached hydrogen (secondary N) is 1. The van der Waals surface area contributed by atoms with Gasteiger partial charge >= 0.3 is 5.97 Å². The van der Waals surface area contributed by atoms with Crippen LogP contribution in [0.5, 0.6) is 5.75 Å². The highest BCUT2D eigenvalue weighted by Gasteiger charge is 2.20. The summed E-state index contributed by atoms with van der Waals surface area (Å²) in [7, 11) is 1.62. The molecule has 0 saturated carbocycles. The molecule has 0 saturated heterocycles. The van der Waals surface area contributed by atoms with Crippen molar-refractivity contribution in [1.29, 1.82) is 0 Å². The highest BCUT2D eigenvalue weighted by molar-refractivity contribution is 6.04. The van der Waals surface area contributed by atoms with Crippen LogP contribution in [0.4, 0.5) is 0 Å². The lowest BCUT2D eigenvalue weighted by molar-refractivity contribution is -0.124. The van der Waals surface area contributed by atoms with E-state index in [1.807, 2.05) is 68.4 Å². The van der Waals surface area contributed by atoms with Crippen molar-refractivity contribution in [2.75, 3.05) is 20.3 Å². The molecule has 1 amide bonds. The molecule has 0 radical (unpaired) electrons. The SMILES string of the molecule is COc1ccc(CCNC(=O)COC(=O)c2cc(-c3ccccc3)nc3c2cnn3C(C)C)cc1. The maximum Gasteiger partial charge on any atom is 0.339 e. The van der Waals surface area contributed by atoms with E-state index < -0.39 is 5.97 Å². The molecule has 8 heteroatoms. The summed E-state index contributed by atoms with van der Waals surface area (Å²) in [4.78, 5) is 30.0. The first kappa shape index (κ1) is 23.9. The molecule has 0 aliphatic rings. The minimum absolute atomic E-state index is 0.0615. The second-order valence-electron chi connectivity index (χ2n) is 8.37. The van der Waals surface area contributed by atoms with Crippen molar-refractivity contribution < 1.29 is 19.1 Å². The molecule has 4 rings (SSSR count). The molecule has 0 atom stereocenters. The predicted octanol–water partition coefficient (Wildman–Crippen LogP) is 4.20. The lowest BCUT2D eigenvalue weighted by Crippen LogP contribution is -2.30. The molecule has 0 fully saturated rings. The Hall–Kier alpha value is -4.20. The summed E-state index contributed by atoms with van der Waals surface area (Å²) >= 11 is 0. The number of amides is 1. The molecular weight excluding hydrogens is 444 g/mol. The molecule has 35 heavy (non-hydrogen) atoms. The van der Waals surface area contributed by atoms with Crippen LogP contribution in [-0.2, 0) is 16.0 Å². The van der Waals surface area contributed by atoms with E-state index in [9.17, 15) is 9.59 Å². The van der Waals surface area contributed by atoms with Crippen LogP contribution in [0.25, 0.3) is 22.3 Å². The number of carbonyl (C=O) groups is 2. The number of rotatable bonds is 9. The normalized spacial score (nSPS) is 11.0. The van der Waals surface area contributed by atoms with Crippen molar-refractivity contribution >= 4 is 22.9 Å². The highest BCUT2D eigenvalue weighted by Crippen LogP contribution is 2.26. The van der Waals surface area contributed by atoms with Gasteiger partial charge in [0.25, 0.3) is 5.91 Å². The second kappa shape index (κ2) is 10.8. The van der Waals surface area contributed by atoms with Gasteiger partial charge in [-0.3, -0.25) is 4.79 Å². The van der Waals surface area contributed by atoms with Crippen molar-refractivity contribution in [2.24, 2.45) is 0 Å². The van der Waals surface area contributed by atoms with Crippen LogP contribution in [0, 0.1) is 0 Å². The number of hydrogen-bond donors (Lipinski definition) is 1. The standard InChI is InChI=1S/C27H28N4O4/c1-18(2)31-26-23(16-29-31)22(15-24(30-26)20-7-5-4-6-8-20)27(33)35-17-25(32)28-14-13-19-9-11-21(34-3)12-10-19/h4-12,15-16,18H,13-14,17H2,1-3H3,(H,28,32). The molecule has 180 valence electrons. The number of fused-ring (bicyclic) bond motifs is 1. The van der Waals surface area contributed by atoms with Gasteiger partial charge in [-0.25, -0.2) is 14.5 Å². The fraction of sp³-hybridized carbons (Fsp3) is 0.259. The summed E-state index contributed by atoms with van der Waals surface area (Å²) in [6, 6.07) is 19.0. The van der Waals surface area contributed by atoms with Gasteiger partial charge in [-0.1, -0.05) is 42.5 Å². The Labute approximate surface area is 203 Å². The largest absolute Gasteiger partial charge is 0.497 e. The third-order valence-electron chi connectivity index (χ3n) is 5.57. The van der Waals surface area contributed by atoms with Crippen molar-refractivity contribution in [3.8, 4) is 17.0 Å². The van der Waals surface area contributed by atoms with Crippen LogP contribution >= 0.6 is 0 Å². The average molecular weight is 473 g/mol. The number of pyridine rings is 1. The topological polar surface area (TPSA) is 95.3 Å². The van der Waals surface area contributed by atoms with Crippen molar-refractivity contribution in [2.45, 2.75) is 26.3 Å². The number of carbonyl (C=O) groups excluding carboxylic acids is 2. The average Bonchev–Trinajstić information content (AvgIpc) is 3.32. The third-order valence-corrected chi connectivity index (χ3v) is 5.57. The van der Waals surface area contributed by atoms with E-state index in [-0.39, 0.29) is 18.6 Å². The van der Waals surface area contributed by atoms with E-state index in [2.05, 4.69) is 10.4 Å². The Morgan fingerprint density at radius 1 is 1.06 bits per heavy atom. The van der Waals surface area contributed by atoms with E-state index in [0.29, 0.717) is 35.3 Å². The molecule has 8 nitrogen and oxygen atoms in total. The summed E-state index contributed by atoms with van der Waals surface area (Å²) in [5.74, 6) is -0.175. The zero-order chi connectivity index (χ0) is 24.8. The number of methoxy groups -OCH3 is 1. The van der Waals surface area contributed by atoms with Gasteiger partial charge in [0, 0.05) is 18.2 Å². The number of benzene rings is 2. The van der Waals surface area contributed by atoms with Gasteiger partial charge in [-0.05, 0) is 44.0 Å². The van der Waals surface area contributed by atoms with Crippen LogP contribution in [0.1, 0.15) is 35.8 Å². The van der Waals surface area contributed by atoms with Crippen LogP contribution in [-0.4, -0.2) is 46.9 Å². The molecule has 0 unspecified atom stereocenters. The number of nitrogens with zero attached hydrogens (tertiary/aromatic N) is 3. The summed E-state index contributed by atoms with van der Waals surface area (Å²) in [6.45, 7) is 4.06. The van der Waals surface area contributed by atoms with E-state index in [4.69, 9.17) is 14.5 Å². The van der Waals surface area contributed by atoms with Crippen molar-refractivity contribution in [3.63, 3.8) is 0 Å². The van der Waals surface area contributed by atoms with E-state index in [1.165, 1.54) is 0 Å². The predicted molar refractivity (Wildman–Crippen MR) is 133 cm³/mol. The van der Waals surface area contributed by atoms with Crippen LogP contribution in [0.15, 0.2) is 66.9 Å². The Bertz CT molecular complexity index is 1310. The molecule has 2 aromatic heterocycles. The maximum atomic E-state index is 13.0. The molecule has 0 aliphatic heterocycles. The van der Waals surface area contributed by atoms with E-state index in [1.54, 1.807) is 24.1 Å². The molecule has 1 N–H and O–H groups in total. The van der Waals surface area contributed by atoms with E-state index >= 15 is 0 Å². The summed E-state index contributed by atoms with van der Waals surface area (Å²) in [5, 5.41) is 7.78. The first-order valence-corrected chi connectivity index (χ1v) is 11.5. The Balaban J connectivity index is 1.44. The van der Waals surface area contributed by atoms with Crippen molar-refractivity contribution in [1.82, 2.24) is 20.1 Å². The minimum Gasteiger partial charge on any atom is -0.497 e. The van der Waals surface area contributed by atoms with Gasteiger partial charge in [0.1, 0.15) is 5.75 Å². The molecule has 0 bridgehead atoms. The first-order valence-electron chi connectivity index (χ1n) is 11.5. The summed E-state index contributed by atoms with van der Waals surface area (Å²) < 4.78 is 12.3. The smallest absolute Gasteiger partial charge is 0.339 e. The second-order valence-corrected chi connectivity index (χ2v) is 8.37. The molecule has 0 aliphatic carbocycles. The van der Waals surface area contributed by atoms with E-state index in [0.717, 1.165) is 16.9 Å². The van der Waals surface area contributed by atoms with Crippen molar-refractivity contribution in [3.05, 3.63) is 78.0 Å². The summed E-state index contributed by atoms with van der Waals surface area (Å²) in [6.07, 6.45) is 2.27. The third kappa shape index (κ3) is 5.66. The lowest BCUT2D eigenvalue weighted by Gasteiger charge is -2.11. The van der Waals surface area contributed by atoms with Crippen LogP contribution < -0.4 is 10.1 Å². The van der Waals surface area contributed by atoms with Crippen LogP contribution in [0.2, 0.25) is 0 Å². The van der Waals surface area contributed by atoms with Gasteiger partial charge in [0.2, 0.25) is 0 Å². The Morgan fingerprint density at radius 2 is 1.80 bits per heavy atom. The van der Waals surface area contributed by atoms with Crippen LogP contribution in [0.3, 0.4) is 0 Å². The monoisotopic (exact) mass is 472 g/mol. The zero-order valence-electron chi connectivity index (χ0n) is 20.0. The lowest BCUT2D eigenvalue weighted by atomic mass is 10.1. The Morgan fingerprint density at radius 3 is 2.49 bits per heavy atom. The summed E-state index contributed by atoms with van der Waals surface area (Å²) in [5.41, 5.74) is 3.49. The zero-order valence-corrected chi connectivity index (χ0v) is 20.0. The molecule has 2 aromatic carbocycles. The molecule has 2 heterocycles. The fourth-order valence-electron chi connectivity index (χ4n) is 3.72. The fourth-order valence-corrected chi connectivity index (χ4v) is 3.72. The highest BCUT2D eigenvalue weighted by atomic mass is 16.5. The first-order chi connectivity index (χ1) is 17.0. The maximum absolute atomic E-state index is 13.0. The quantitative estimate of drug-likeness (QED) is 0.367. The van der Waals surface area contributed by atoms with Gasteiger partial charge in [0.05, 0.1) is 30.0 Å². The minimum atomic E-state index is -0.594. The van der Waals surface area contributed by atoms with Gasteiger partial charge in [0.15, 0.2) is 12.3 Å². The number of esters is 1. The molecular formula is C27H28N4O4. The number of hydrogen-bond acceptors (Lipinski definition) is 6. The number of ether oxygens (including phenoxy) is 2. The van der Waals surface area contributed by atoms with Gasteiger partial charge < -0.3 is 14.8 Å². The Kier molecular flexibility index (Phi) is 7.40. The molecule has 0 spiro atoms. The van der Waals surface area contributed by atoms with Gasteiger partial charge in [-0.2, -0.15) is 5.10 Å².